The van der Waals surface area contributed by atoms with Gasteiger partial charge in [0, 0.05) is 13.0 Å². The van der Waals surface area contributed by atoms with Crippen molar-refractivity contribution in [2.75, 3.05) is 13.2 Å². The van der Waals surface area contributed by atoms with Gasteiger partial charge in [0.1, 0.15) is 0 Å². The zero-order valence-electron chi connectivity index (χ0n) is 8.00. The van der Waals surface area contributed by atoms with Crippen LogP contribution >= 0.6 is 0 Å². The molecular formula is C8H12N4O3. The van der Waals surface area contributed by atoms with Crippen LogP contribution in [0.25, 0.3) is 0 Å². The van der Waals surface area contributed by atoms with Crippen molar-refractivity contribution in [2.24, 2.45) is 10.9 Å². The van der Waals surface area contributed by atoms with Crippen LogP contribution in [-0.4, -0.2) is 39.6 Å². The van der Waals surface area contributed by atoms with E-state index in [-0.39, 0.29) is 18.3 Å². The lowest BCUT2D eigenvalue weighted by atomic mass is 10.3. The monoisotopic (exact) mass is 212 g/mol. The predicted octanol–water partition coefficient (Wildman–Crippen LogP) is -0.668. The Bertz CT molecular complexity index is 342. The van der Waals surface area contributed by atoms with E-state index in [9.17, 15) is 0 Å². The lowest BCUT2D eigenvalue weighted by molar-refractivity contribution is 0.227. The number of nitrogens with zero attached hydrogens (tertiary/aromatic N) is 3. The molecule has 0 fully saturated rings. The van der Waals surface area contributed by atoms with Crippen molar-refractivity contribution in [1.82, 2.24) is 10.2 Å². The van der Waals surface area contributed by atoms with Crippen LogP contribution in [0.15, 0.2) is 17.4 Å². The molecule has 0 amide bonds. The first-order valence-electron chi connectivity index (χ1n) is 4.33. The Morgan fingerprint density at radius 3 is 3.07 bits per heavy atom. The third-order valence-corrected chi connectivity index (χ3v) is 1.61. The topological polar surface area (TPSA) is 114 Å². The standard InChI is InChI=1S/C8H12N4O3/c9-7(12-14)6-2-3-10-11-8(6)15-5-1-4-13/h2-3,13-14H,1,4-5H2,(H2,9,12). The normalized spacial score (nSPS) is 11.4. The molecule has 1 heterocycles. The minimum absolute atomic E-state index is 0.0270. The minimum Gasteiger partial charge on any atom is -0.476 e. The van der Waals surface area contributed by atoms with Crippen LogP contribution in [0.4, 0.5) is 0 Å². The number of hydrogen-bond acceptors (Lipinski definition) is 6. The molecule has 7 nitrogen and oxygen atoms in total. The average Bonchev–Trinajstić information content (AvgIpc) is 2.29. The first kappa shape index (κ1) is 11.2. The van der Waals surface area contributed by atoms with E-state index < -0.39 is 0 Å². The van der Waals surface area contributed by atoms with E-state index in [0.29, 0.717) is 18.6 Å². The van der Waals surface area contributed by atoms with Crippen LogP contribution in [0, 0.1) is 0 Å². The summed E-state index contributed by atoms with van der Waals surface area (Å²) in [6, 6.07) is 1.52. The molecule has 0 aliphatic heterocycles. The van der Waals surface area contributed by atoms with Gasteiger partial charge in [-0.25, -0.2) is 0 Å². The SMILES string of the molecule is N/C(=N/O)c1ccnnc1OCCCO. The highest BCUT2D eigenvalue weighted by Crippen LogP contribution is 2.12. The summed E-state index contributed by atoms with van der Waals surface area (Å²) in [5, 5.41) is 27.2. The van der Waals surface area contributed by atoms with Gasteiger partial charge in [-0.1, -0.05) is 5.16 Å². The van der Waals surface area contributed by atoms with Crippen LogP contribution in [0.1, 0.15) is 12.0 Å². The van der Waals surface area contributed by atoms with Crippen molar-refractivity contribution in [3.63, 3.8) is 0 Å². The number of aliphatic hydroxyl groups excluding tert-OH is 1. The molecule has 0 saturated heterocycles. The Morgan fingerprint density at radius 2 is 2.40 bits per heavy atom. The Kier molecular flexibility index (Phi) is 4.30. The molecule has 0 atom stereocenters. The molecule has 15 heavy (non-hydrogen) atoms. The molecule has 0 aromatic carbocycles. The van der Waals surface area contributed by atoms with Gasteiger partial charge in [-0.05, 0) is 6.07 Å². The molecule has 0 radical (unpaired) electrons. The lowest BCUT2D eigenvalue weighted by Gasteiger charge is -2.06. The first-order valence-corrected chi connectivity index (χ1v) is 4.33. The first-order chi connectivity index (χ1) is 7.29. The summed E-state index contributed by atoms with van der Waals surface area (Å²) < 4.78 is 5.19. The summed E-state index contributed by atoms with van der Waals surface area (Å²) in [5.41, 5.74) is 5.77. The number of amidine groups is 1. The van der Waals surface area contributed by atoms with Gasteiger partial charge >= 0.3 is 0 Å². The second-order valence-corrected chi connectivity index (χ2v) is 2.66. The van der Waals surface area contributed by atoms with E-state index >= 15 is 0 Å². The smallest absolute Gasteiger partial charge is 0.244 e. The molecule has 7 heteroatoms. The quantitative estimate of drug-likeness (QED) is 0.196. The Balaban J connectivity index is 2.77. The summed E-state index contributed by atoms with van der Waals surface area (Å²) in [5.74, 6) is 0.0881. The van der Waals surface area contributed by atoms with Gasteiger partial charge in [-0.3, -0.25) is 0 Å². The molecule has 0 spiro atoms. The number of nitrogens with two attached hydrogens (primary N) is 1. The second-order valence-electron chi connectivity index (χ2n) is 2.66. The Hall–Kier alpha value is -1.89. The van der Waals surface area contributed by atoms with Crippen LogP contribution in [0.5, 0.6) is 5.88 Å². The maximum atomic E-state index is 8.56. The largest absolute Gasteiger partial charge is 0.476 e. The van der Waals surface area contributed by atoms with Gasteiger partial charge in [0.15, 0.2) is 5.84 Å². The van der Waals surface area contributed by atoms with Gasteiger partial charge in [-0.15, -0.1) is 5.10 Å². The van der Waals surface area contributed by atoms with E-state index in [1.165, 1.54) is 12.3 Å². The van der Waals surface area contributed by atoms with Gasteiger partial charge in [0.2, 0.25) is 5.88 Å². The van der Waals surface area contributed by atoms with Crippen molar-refractivity contribution < 1.29 is 15.1 Å². The second kappa shape index (κ2) is 5.76. The van der Waals surface area contributed by atoms with Crippen molar-refractivity contribution in [1.29, 1.82) is 0 Å². The average molecular weight is 212 g/mol. The molecule has 0 unspecified atom stereocenters. The summed E-state index contributed by atoms with van der Waals surface area (Å²) in [7, 11) is 0. The molecule has 0 aliphatic carbocycles. The number of aliphatic hydroxyl groups is 1. The maximum Gasteiger partial charge on any atom is 0.244 e. The van der Waals surface area contributed by atoms with Crippen molar-refractivity contribution in [2.45, 2.75) is 6.42 Å². The highest BCUT2D eigenvalue weighted by molar-refractivity contribution is 5.98. The minimum atomic E-state index is -0.0936. The van der Waals surface area contributed by atoms with E-state index in [2.05, 4.69) is 15.4 Å². The van der Waals surface area contributed by atoms with Crippen molar-refractivity contribution in [3.8, 4) is 5.88 Å². The van der Waals surface area contributed by atoms with E-state index in [1.54, 1.807) is 0 Å². The van der Waals surface area contributed by atoms with Crippen LogP contribution in [0.2, 0.25) is 0 Å². The third-order valence-electron chi connectivity index (χ3n) is 1.61. The fourth-order valence-electron chi connectivity index (χ4n) is 0.908. The van der Waals surface area contributed by atoms with Crippen LogP contribution < -0.4 is 10.5 Å². The summed E-state index contributed by atoms with van der Waals surface area (Å²) in [6.07, 6.45) is 1.89. The van der Waals surface area contributed by atoms with E-state index in [4.69, 9.17) is 20.8 Å². The number of aromatic nitrogens is 2. The summed E-state index contributed by atoms with van der Waals surface area (Å²) in [4.78, 5) is 0. The fourth-order valence-corrected chi connectivity index (χ4v) is 0.908. The van der Waals surface area contributed by atoms with Gasteiger partial charge < -0.3 is 20.8 Å². The van der Waals surface area contributed by atoms with Gasteiger partial charge in [0.05, 0.1) is 18.4 Å². The molecule has 1 aromatic rings. The molecule has 1 aromatic heterocycles. The summed E-state index contributed by atoms with van der Waals surface area (Å²) >= 11 is 0. The van der Waals surface area contributed by atoms with E-state index in [1.807, 2.05) is 0 Å². The van der Waals surface area contributed by atoms with Crippen molar-refractivity contribution in [3.05, 3.63) is 17.8 Å². The number of rotatable bonds is 5. The van der Waals surface area contributed by atoms with Crippen LogP contribution in [0.3, 0.4) is 0 Å². The Morgan fingerprint density at radius 1 is 1.60 bits per heavy atom. The molecule has 0 aliphatic rings. The number of hydrogen-bond donors (Lipinski definition) is 3. The predicted molar refractivity (Wildman–Crippen MR) is 51.7 cm³/mol. The molecule has 4 N–H and O–H groups in total. The maximum absolute atomic E-state index is 8.56. The number of ether oxygens (including phenoxy) is 1. The Labute approximate surface area is 86.2 Å². The van der Waals surface area contributed by atoms with Gasteiger partial charge in [0.25, 0.3) is 0 Å². The van der Waals surface area contributed by atoms with Crippen LogP contribution in [-0.2, 0) is 0 Å². The molecular weight excluding hydrogens is 200 g/mol. The zero-order valence-corrected chi connectivity index (χ0v) is 8.00. The molecule has 0 bridgehead atoms. The number of oxime groups is 1. The van der Waals surface area contributed by atoms with E-state index in [0.717, 1.165) is 0 Å². The van der Waals surface area contributed by atoms with Crippen molar-refractivity contribution >= 4 is 5.84 Å². The summed E-state index contributed by atoms with van der Waals surface area (Å²) in [6.45, 7) is 0.320. The zero-order chi connectivity index (χ0) is 11.1. The third kappa shape index (κ3) is 3.06. The molecule has 0 saturated carbocycles. The van der Waals surface area contributed by atoms with Gasteiger partial charge in [-0.2, -0.15) is 5.10 Å². The lowest BCUT2D eigenvalue weighted by Crippen LogP contribution is -2.16. The molecule has 1 rings (SSSR count). The highest BCUT2D eigenvalue weighted by Gasteiger charge is 2.09. The highest BCUT2D eigenvalue weighted by atomic mass is 16.5. The fraction of sp³-hybridized carbons (Fsp3) is 0.375. The molecule has 82 valence electrons.